The molecule has 3 aromatic carbocycles. The maximum atomic E-state index is 13.0. The van der Waals surface area contributed by atoms with E-state index in [1.165, 1.54) is 0 Å². The fourth-order valence-electron chi connectivity index (χ4n) is 3.43. The van der Waals surface area contributed by atoms with Crippen LogP contribution in [0.1, 0.15) is 5.56 Å². The number of aryl methyl sites for hydroxylation is 1. The molecule has 0 saturated heterocycles. The zero-order valence-electron chi connectivity index (χ0n) is 12.3. The Morgan fingerprint density at radius 2 is 1.83 bits per heavy atom. The van der Waals surface area contributed by atoms with Crippen molar-refractivity contribution >= 4 is 49.8 Å². The normalized spacial score (nSPS) is 12.1. The van der Waals surface area contributed by atoms with Crippen molar-refractivity contribution in [1.29, 1.82) is 0 Å². The zero-order chi connectivity index (χ0) is 15.7. The Hall–Kier alpha value is -2.65. The van der Waals surface area contributed by atoms with Crippen LogP contribution in [0.5, 0.6) is 0 Å². The molecule has 0 aliphatic heterocycles. The molecule has 0 atom stereocenters. The van der Waals surface area contributed by atoms with Gasteiger partial charge in [0, 0.05) is 26.6 Å². The van der Waals surface area contributed by atoms with E-state index < -0.39 is 0 Å². The number of hydrogen-bond acceptors (Lipinski definition) is 2. The van der Waals surface area contributed by atoms with Crippen molar-refractivity contribution in [3.8, 4) is 0 Å². The van der Waals surface area contributed by atoms with E-state index in [9.17, 15) is 4.79 Å². The lowest BCUT2D eigenvalue weighted by atomic mass is 10.0. The summed E-state index contributed by atoms with van der Waals surface area (Å²) in [6.45, 7) is 2.02. The van der Waals surface area contributed by atoms with Crippen LogP contribution in [0.3, 0.4) is 0 Å². The van der Waals surface area contributed by atoms with Gasteiger partial charge in [0.25, 0.3) is 5.56 Å². The lowest BCUT2D eigenvalue weighted by Gasteiger charge is -2.08. The van der Waals surface area contributed by atoms with Crippen molar-refractivity contribution in [3.05, 3.63) is 69.5 Å². The molecular formula is C19H11ClN2O. The van der Waals surface area contributed by atoms with Crippen molar-refractivity contribution < 1.29 is 0 Å². The molecule has 0 fully saturated rings. The molecule has 3 nitrogen and oxygen atoms in total. The molecule has 2 heterocycles. The SMILES string of the molecule is Cc1ccc2c(c1)nc1c3cccc4c(Cl)ccc(c(=O)n21)c43. The third-order valence-electron chi connectivity index (χ3n) is 4.47. The summed E-state index contributed by atoms with van der Waals surface area (Å²) in [5.74, 6) is 0. The van der Waals surface area contributed by atoms with E-state index in [1.54, 1.807) is 16.5 Å². The van der Waals surface area contributed by atoms with Crippen molar-refractivity contribution in [1.82, 2.24) is 9.38 Å². The molecule has 5 aromatic rings. The fraction of sp³-hybridized carbons (Fsp3) is 0.0526. The Morgan fingerprint density at radius 1 is 1.00 bits per heavy atom. The number of hydrogen-bond donors (Lipinski definition) is 0. The number of imidazole rings is 1. The van der Waals surface area contributed by atoms with Crippen LogP contribution in [-0.2, 0) is 0 Å². The summed E-state index contributed by atoms with van der Waals surface area (Å²) in [7, 11) is 0. The summed E-state index contributed by atoms with van der Waals surface area (Å²) >= 11 is 6.32. The maximum Gasteiger partial charge on any atom is 0.264 e. The van der Waals surface area contributed by atoms with Gasteiger partial charge in [-0.05, 0) is 36.8 Å². The molecule has 0 radical (unpaired) electrons. The highest BCUT2D eigenvalue weighted by Gasteiger charge is 2.16. The molecule has 0 N–H and O–H groups in total. The Kier molecular flexibility index (Phi) is 2.35. The Morgan fingerprint density at radius 3 is 2.70 bits per heavy atom. The molecule has 0 aliphatic rings. The highest BCUT2D eigenvalue weighted by molar-refractivity contribution is 6.37. The van der Waals surface area contributed by atoms with Crippen LogP contribution < -0.4 is 5.56 Å². The second-order valence-corrected chi connectivity index (χ2v) is 6.30. The zero-order valence-corrected chi connectivity index (χ0v) is 13.1. The van der Waals surface area contributed by atoms with Gasteiger partial charge in [0.2, 0.25) is 0 Å². The molecule has 0 amide bonds. The van der Waals surface area contributed by atoms with E-state index in [0.717, 1.165) is 32.8 Å². The van der Waals surface area contributed by atoms with Gasteiger partial charge < -0.3 is 0 Å². The molecule has 0 unspecified atom stereocenters. The minimum absolute atomic E-state index is 0.0493. The van der Waals surface area contributed by atoms with Gasteiger partial charge in [0.05, 0.1) is 11.0 Å². The minimum atomic E-state index is -0.0493. The molecule has 4 heteroatoms. The topological polar surface area (TPSA) is 34.4 Å². The van der Waals surface area contributed by atoms with Gasteiger partial charge in [-0.15, -0.1) is 0 Å². The van der Waals surface area contributed by atoms with E-state index in [1.807, 2.05) is 43.3 Å². The molecular weight excluding hydrogens is 308 g/mol. The largest absolute Gasteiger partial charge is 0.268 e. The van der Waals surface area contributed by atoms with E-state index in [0.29, 0.717) is 16.1 Å². The average Bonchev–Trinajstić information content (AvgIpc) is 2.92. The number of aromatic nitrogens is 2. The van der Waals surface area contributed by atoms with Gasteiger partial charge >= 0.3 is 0 Å². The molecule has 0 bridgehead atoms. The second-order valence-electron chi connectivity index (χ2n) is 5.89. The molecule has 0 saturated carbocycles. The molecule has 5 rings (SSSR count). The summed E-state index contributed by atoms with van der Waals surface area (Å²) < 4.78 is 1.71. The van der Waals surface area contributed by atoms with E-state index in [4.69, 9.17) is 16.6 Å². The summed E-state index contributed by atoms with van der Waals surface area (Å²) in [6.07, 6.45) is 0. The third-order valence-corrected chi connectivity index (χ3v) is 4.80. The van der Waals surface area contributed by atoms with Crippen LogP contribution in [0.25, 0.3) is 38.2 Å². The van der Waals surface area contributed by atoms with E-state index in [-0.39, 0.29) is 5.56 Å². The van der Waals surface area contributed by atoms with Gasteiger partial charge in [-0.1, -0.05) is 35.9 Å². The monoisotopic (exact) mass is 318 g/mol. The summed E-state index contributed by atoms with van der Waals surface area (Å²) in [5.41, 5.74) is 3.44. The average molecular weight is 319 g/mol. The summed E-state index contributed by atoms with van der Waals surface area (Å²) in [5, 5.41) is 4.06. The van der Waals surface area contributed by atoms with Crippen LogP contribution in [-0.4, -0.2) is 9.38 Å². The second kappa shape index (κ2) is 4.21. The van der Waals surface area contributed by atoms with Crippen LogP contribution in [0, 0.1) is 6.92 Å². The van der Waals surface area contributed by atoms with Crippen LogP contribution in [0.15, 0.2) is 53.3 Å². The molecule has 0 aliphatic carbocycles. The first-order chi connectivity index (χ1) is 11.1. The van der Waals surface area contributed by atoms with E-state index >= 15 is 0 Å². The standard InChI is InChI=1S/C19H11ClN2O/c1-10-5-8-16-15(9-10)21-18-12-4-2-3-11-14(20)7-6-13(17(11)12)19(23)22(16)18/h2-9H,1H3. The van der Waals surface area contributed by atoms with Crippen molar-refractivity contribution in [2.45, 2.75) is 6.92 Å². The van der Waals surface area contributed by atoms with Gasteiger partial charge in [-0.2, -0.15) is 0 Å². The number of fused-ring (bicyclic) bond motifs is 4. The van der Waals surface area contributed by atoms with Gasteiger partial charge in [0.1, 0.15) is 5.65 Å². The third kappa shape index (κ3) is 1.55. The number of rotatable bonds is 0. The molecule has 2 aromatic heterocycles. The first-order valence-electron chi connectivity index (χ1n) is 7.40. The summed E-state index contributed by atoms with van der Waals surface area (Å²) in [6, 6.07) is 15.5. The first kappa shape index (κ1) is 12.9. The maximum absolute atomic E-state index is 13.0. The first-order valence-corrected chi connectivity index (χ1v) is 7.78. The number of nitrogens with zero attached hydrogens (tertiary/aromatic N) is 2. The Labute approximate surface area is 136 Å². The lowest BCUT2D eigenvalue weighted by molar-refractivity contribution is 1.19. The van der Waals surface area contributed by atoms with Crippen molar-refractivity contribution in [2.75, 3.05) is 0 Å². The predicted octanol–water partition coefficient (Wildman–Crippen LogP) is 4.55. The molecule has 23 heavy (non-hydrogen) atoms. The minimum Gasteiger partial charge on any atom is -0.268 e. The Balaban J connectivity index is 2.21. The number of halogens is 1. The van der Waals surface area contributed by atoms with Gasteiger partial charge in [0.15, 0.2) is 0 Å². The number of pyridine rings is 1. The smallest absolute Gasteiger partial charge is 0.264 e. The fourth-order valence-corrected chi connectivity index (χ4v) is 3.65. The molecule has 0 spiro atoms. The highest BCUT2D eigenvalue weighted by Crippen LogP contribution is 2.33. The molecule has 110 valence electrons. The quantitative estimate of drug-likeness (QED) is 0.419. The van der Waals surface area contributed by atoms with Crippen molar-refractivity contribution in [2.24, 2.45) is 0 Å². The van der Waals surface area contributed by atoms with Crippen LogP contribution in [0.4, 0.5) is 0 Å². The lowest BCUT2D eigenvalue weighted by Crippen LogP contribution is -2.13. The van der Waals surface area contributed by atoms with E-state index in [2.05, 4.69) is 0 Å². The van der Waals surface area contributed by atoms with Gasteiger partial charge in [-0.3, -0.25) is 9.20 Å². The number of benzene rings is 3. The van der Waals surface area contributed by atoms with Crippen LogP contribution >= 0.6 is 11.6 Å². The summed E-state index contributed by atoms with van der Waals surface area (Å²) in [4.78, 5) is 17.8. The highest BCUT2D eigenvalue weighted by atomic mass is 35.5. The van der Waals surface area contributed by atoms with Crippen molar-refractivity contribution in [3.63, 3.8) is 0 Å². The van der Waals surface area contributed by atoms with Crippen LogP contribution in [0.2, 0.25) is 5.02 Å². The Bertz CT molecular complexity index is 1300. The van der Waals surface area contributed by atoms with Gasteiger partial charge in [-0.25, -0.2) is 4.98 Å². The predicted molar refractivity (Wildman–Crippen MR) is 94.9 cm³/mol.